The van der Waals surface area contributed by atoms with Crippen molar-refractivity contribution in [3.8, 4) is 6.07 Å². The Bertz CT molecular complexity index is 1100. The molecule has 1 unspecified atom stereocenters. The monoisotopic (exact) mass is 442 g/mol. The Kier molecular flexibility index (Phi) is 6.55. The van der Waals surface area contributed by atoms with Gasteiger partial charge in [-0.15, -0.1) is 0 Å². The third-order valence-electron chi connectivity index (χ3n) is 4.63. The third kappa shape index (κ3) is 4.37. The molecule has 4 N–H and O–H groups in total. The summed E-state index contributed by atoms with van der Waals surface area (Å²) in [5, 5.41) is 16.7. The number of halogens is 1. The summed E-state index contributed by atoms with van der Waals surface area (Å²) in [7, 11) is 0. The number of benzene rings is 1. The van der Waals surface area contributed by atoms with E-state index in [1.165, 1.54) is 6.26 Å². The van der Waals surface area contributed by atoms with Gasteiger partial charge in [-0.25, -0.2) is 0 Å². The zero-order valence-corrected chi connectivity index (χ0v) is 17.9. The number of nitrogens with zero attached hydrogens (tertiary/aromatic N) is 1. The second-order valence-corrected chi connectivity index (χ2v) is 7.97. The van der Waals surface area contributed by atoms with Gasteiger partial charge in [0, 0.05) is 16.4 Å². The number of anilines is 1. The van der Waals surface area contributed by atoms with E-state index in [4.69, 9.17) is 21.8 Å². The van der Waals surface area contributed by atoms with Gasteiger partial charge in [-0.1, -0.05) is 29.4 Å². The number of hydrogen-bond acceptors (Lipinski definition) is 6. The molecule has 1 aliphatic heterocycles. The van der Waals surface area contributed by atoms with Gasteiger partial charge < -0.3 is 20.8 Å². The first-order chi connectivity index (χ1) is 14.3. The number of furan rings is 1. The summed E-state index contributed by atoms with van der Waals surface area (Å²) >= 11 is 7.25. The number of dihydropyridines is 1. The predicted molar refractivity (Wildman–Crippen MR) is 116 cm³/mol. The lowest BCUT2D eigenvalue weighted by atomic mass is 9.86. The molecule has 3 rings (SSSR count). The summed E-state index contributed by atoms with van der Waals surface area (Å²) < 4.78 is 5.46. The number of carbonyl (C=O) groups excluding carboxylic acids is 2. The number of amides is 2. The van der Waals surface area contributed by atoms with Crippen molar-refractivity contribution in [2.45, 2.75) is 19.8 Å². The number of carbonyl (C=O) groups is 2. The molecular weight excluding hydrogens is 424 g/mol. The highest BCUT2D eigenvalue weighted by Crippen LogP contribution is 2.40. The fourth-order valence-corrected chi connectivity index (χ4v) is 4.23. The summed E-state index contributed by atoms with van der Waals surface area (Å²) in [5.41, 5.74) is 7.98. The average molecular weight is 443 g/mol. The van der Waals surface area contributed by atoms with Crippen molar-refractivity contribution >= 4 is 40.9 Å². The quantitative estimate of drug-likeness (QED) is 0.625. The van der Waals surface area contributed by atoms with Crippen LogP contribution in [0, 0.1) is 18.3 Å². The minimum Gasteiger partial charge on any atom is -0.468 e. The zero-order valence-electron chi connectivity index (χ0n) is 16.3. The van der Waals surface area contributed by atoms with Crippen LogP contribution < -0.4 is 16.4 Å². The maximum atomic E-state index is 12.5. The third-order valence-corrected chi connectivity index (χ3v) is 6.06. The number of primary amides is 1. The average Bonchev–Trinajstić information content (AvgIpc) is 3.23. The molecule has 1 atom stereocenters. The first-order valence-corrected chi connectivity index (χ1v) is 10.3. The van der Waals surface area contributed by atoms with E-state index >= 15 is 0 Å². The van der Waals surface area contributed by atoms with E-state index in [0.29, 0.717) is 27.2 Å². The molecule has 0 spiro atoms. The summed E-state index contributed by atoms with van der Waals surface area (Å²) in [4.78, 5) is 24.5. The molecule has 0 fully saturated rings. The van der Waals surface area contributed by atoms with E-state index in [9.17, 15) is 14.9 Å². The molecule has 0 aliphatic carbocycles. The van der Waals surface area contributed by atoms with Crippen LogP contribution in [0.4, 0.5) is 5.69 Å². The number of rotatable bonds is 6. The topological polar surface area (TPSA) is 121 Å². The van der Waals surface area contributed by atoms with Gasteiger partial charge in [-0.05, 0) is 43.7 Å². The molecule has 1 aromatic carbocycles. The fraction of sp³-hybridized carbons (Fsp3) is 0.190. The van der Waals surface area contributed by atoms with E-state index in [-0.39, 0.29) is 22.8 Å². The number of nitrogens with one attached hydrogen (secondary N) is 2. The van der Waals surface area contributed by atoms with Gasteiger partial charge in [0.1, 0.15) is 5.76 Å². The highest BCUT2D eigenvalue weighted by molar-refractivity contribution is 8.03. The molecule has 30 heavy (non-hydrogen) atoms. The zero-order chi connectivity index (χ0) is 21.8. The molecule has 2 aromatic rings. The summed E-state index contributed by atoms with van der Waals surface area (Å²) in [6, 6.07) is 10.8. The fourth-order valence-electron chi connectivity index (χ4n) is 3.16. The van der Waals surface area contributed by atoms with E-state index in [2.05, 4.69) is 16.7 Å². The Morgan fingerprint density at radius 3 is 2.73 bits per heavy atom. The van der Waals surface area contributed by atoms with Crippen LogP contribution in [0.3, 0.4) is 0 Å². The molecule has 2 amide bonds. The van der Waals surface area contributed by atoms with Gasteiger partial charge in [0.25, 0.3) is 0 Å². The maximum Gasteiger partial charge on any atom is 0.247 e. The second kappa shape index (κ2) is 9.11. The van der Waals surface area contributed by atoms with Crippen LogP contribution in [-0.2, 0) is 9.59 Å². The molecule has 0 saturated heterocycles. The van der Waals surface area contributed by atoms with E-state index < -0.39 is 11.8 Å². The number of nitrogens with two attached hydrogens (primary N) is 1. The van der Waals surface area contributed by atoms with Gasteiger partial charge >= 0.3 is 0 Å². The Morgan fingerprint density at radius 2 is 2.10 bits per heavy atom. The molecule has 7 nitrogen and oxygen atoms in total. The smallest absolute Gasteiger partial charge is 0.247 e. The van der Waals surface area contributed by atoms with Crippen molar-refractivity contribution in [3.05, 3.63) is 74.8 Å². The number of nitriles is 1. The van der Waals surface area contributed by atoms with Crippen LogP contribution in [0.5, 0.6) is 0 Å². The van der Waals surface area contributed by atoms with Crippen LogP contribution in [-0.4, -0.2) is 17.6 Å². The van der Waals surface area contributed by atoms with Crippen LogP contribution >= 0.6 is 23.4 Å². The molecule has 0 saturated carbocycles. The summed E-state index contributed by atoms with van der Waals surface area (Å²) in [6.45, 7) is 3.51. The number of hydrogen-bond donors (Lipinski definition) is 3. The molecule has 1 aromatic heterocycles. The maximum absolute atomic E-state index is 12.5. The van der Waals surface area contributed by atoms with Gasteiger partial charge in [-0.3, -0.25) is 9.59 Å². The van der Waals surface area contributed by atoms with E-state index in [1.54, 1.807) is 37.3 Å². The second-order valence-electron chi connectivity index (χ2n) is 6.58. The Balaban J connectivity index is 1.83. The van der Waals surface area contributed by atoms with E-state index in [0.717, 1.165) is 17.3 Å². The first-order valence-electron chi connectivity index (χ1n) is 8.96. The van der Waals surface area contributed by atoms with Crippen molar-refractivity contribution < 1.29 is 14.0 Å². The van der Waals surface area contributed by atoms with E-state index in [1.807, 2.05) is 6.92 Å². The number of allylic oxidation sites excluding steroid dienone is 2. The molecule has 2 heterocycles. The van der Waals surface area contributed by atoms with Crippen molar-refractivity contribution in [1.29, 1.82) is 5.26 Å². The van der Waals surface area contributed by atoms with Gasteiger partial charge in [0.2, 0.25) is 11.8 Å². The van der Waals surface area contributed by atoms with Crippen molar-refractivity contribution in [3.63, 3.8) is 0 Å². The molecule has 1 aliphatic rings. The minimum atomic E-state index is -0.732. The van der Waals surface area contributed by atoms with Crippen LogP contribution in [0.1, 0.15) is 24.2 Å². The lowest BCUT2D eigenvalue weighted by molar-refractivity contribution is -0.115. The summed E-state index contributed by atoms with van der Waals surface area (Å²) in [5.74, 6) is -1.16. The standard InChI is InChI=1S/C21H19ClN4O3S/c1-11-14(22)5-3-6-15(11)26-17(27)10-30-21-13(9-23)19(16-7-4-8-29-16)18(20(24)28)12(2)25-21/h3-8,19,25H,10H2,1-2H3,(H2,24,28)(H,26,27). The predicted octanol–water partition coefficient (Wildman–Crippen LogP) is 3.79. The van der Waals surface area contributed by atoms with Gasteiger partial charge in [0.05, 0.1) is 40.2 Å². The van der Waals surface area contributed by atoms with Crippen LogP contribution in [0.15, 0.2) is 62.9 Å². The van der Waals surface area contributed by atoms with Crippen molar-refractivity contribution in [2.75, 3.05) is 11.1 Å². The SMILES string of the molecule is CC1=C(C(N)=O)C(c2ccco2)C(C#N)=C(SCC(=O)Nc2cccc(Cl)c2C)N1. The lowest BCUT2D eigenvalue weighted by Gasteiger charge is -2.27. The summed E-state index contributed by atoms with van der Waals surface area (Å²) in [6.07, 6.45) is 1.47. The van der Waals surface area contributed by atoms with Crippen LogP contribution in [0.2, 0.25) is 5.02 Å². The van der Waals surface area contributed by atoms with Crippen LogP contribution in [0.25, 0.3) is 0 Å². The Morgan fingerprint density at radius 1 is 1.33 bits per heavy atom. The normalized spacial score (nSPS) is 16.1. The van der Waals surface area contributed by atoms with Crippen molar-refractivity contribution in [2.24, 2.45) is 5.73 Å². The Labute approximate surface area is 182 Å². The van der Waals surface area contributed by atoms with Gasteiger partial charge in [-0.2, -0.15) is 5.26 Å². The molecule has 154 valence electrons. The number of thioether (sulfide) groups is 1. The molecule has 0 bridgehead atoms. The highest BCUT2D eigenvalue weighted by atomic mass is 35.5. The van der Waals surface area contributed by atoms with Gasteiger partial charge in [0.15, 0.2) is 0 Å². The highest BCUT2D eigenvalue weighted by Gasteiger charge is 2.35. The largest absolute Gasteiger partial charge is 0.468 e. The molecule has 9 heteroatoms. The Hall–Kier alpha value is -3.15. The molecular formula is C21H19ClN4O3S. The first kappa shape index (κ1) is 21.6. The molecule has 0 radical (unpaired) electrons. The minimum absolute atomic E-state index is 0.0452. The lowest BCUT2D eigenvalue weighted by Crippen LogP contribution is -2.31. The van der Waals surface area contributed by atoms with Crippen molar-refractivity contribution in [1.82, 2.24) is 5.32 Å².